The van der Waals surface area contributed by atoms with Crippen molar-refractivity contribution >= 4 is 5.91 Å². The van der Waals surface area contributed by atoms with Crippen molar-refractivity contribution in [3.63, 3.8) is 0 Å². The van der Waals surface area contributed by atoms with E-state index < -0.39 is 31.0 Å². The fourth-order valence-electron chi connectivity index (χ4n) is 0.443. The highest BCUT2D eigenvalue weighted by Gasteiger charge is 2.37. The molecule has 1 amide bonds. The Morgan fingerprint density at radius 1 is 1.55 bits per heavy atom. The number of alkyl halides is 3. The molecule has 66 valence electrons. The van der Waals surface area contributed by atoms with Gasteiger partial charge in [0, 0.05) is 6.42 Å². The quantitative estimate of drug-likeness (QED) is 0.636. The Hall–Kier alpha value is -0.780. The molecule has 6 heteroatoms. The monoisotopic (exact) mass is 171 g/mol. The van der Waals surface area contributed by atoms with E-state index in [1.807, 2.05) is 0 Å². The Bertz CT molecular complexity index is 145. The van der Waals surface area contributed by atoms with Crippen LogP contribution in [0.15, 0.2) is 0 Å². The predicted octanol–water partition coefficient (Wildman–Crippen LogP) is 0.175. The lowest BCUT2D eigenvalue weighted by atomic mass is 10.2. The molecule has 3 N–H and O–H groups in total. The Labute approximate surface area is 61.0 Å². The average molecular weight is 171 g/mol. The normalized spacial score (nSPS) is 14.5. The molecule has 0 aliphatic carbocycles. The number of hydrogen-bond donors (Lipinski definition) is 2. The number of carbonyl (C=O) groups excluding carboxylic acids is 1. The predicted molar refractivity (Wildman–Crippen MR) is 30.5 cm³/mol. The molecule has 3 nitrogen and oxygen atoms in total. The Balaban J connectivity index is 3.70. The third kappa shape index (κ3) is 4.60. The van der Waals surface area contributed by atoms with E-state index in [4.69, 9.17) is 5.11 Å². The molecule has 0 heterocycles. The summed E-state index contributed by atoms with van der Waals surface area (Å²) in [6.07, 6.45) is -8.23. The summed E-state index contributed by atoms with van der Waals surface area (Å²) in [5.41, 5.74) is 4.57. The van der Waals surface area contributed by atoms with E-state index in [0.29, 0.717) is 0 Å². The third-order valence-corrected chi connectivity index (χ3v) is 1.04. The summed E-state index contributed by atoms with van der Waals surface area (Å²) < 4.78 is 34.5. The van der Waals surface area contributed by atoms with Crippen LogP contribution < -0.4 is 5.73 Å². The van der Waals surface area contributed by atoms with Crippen molar-refractivity contribution in [3.8, 4) is 0 Å². The molecule has 0 radical (unpaired) electrons. The van der Waals surface area contributed by atoms with Gasteiger partial charge in [-0.15, -0.1) is 0 Å². The van der Waals surface area contributed by atoms with Gasteiger partial charge in [-0.1, -0.05) is 0 Å². The van der Waals surface area contributed by atoms with E-state index in [0.717, 1.165) is 0 Å². The molecule has 0 bridgehead atoms. The minimum atomic E-state index is -4.66. The number of carbonyl (C=O) groups is 1. The standard InChI is InChI=1S/C5H8F3NO2/c6-5(7,8)3(10)1-2-4(9)11/h3,10H,1-2H2,(H2,9,11). The van der Waals surface area contributed by atoms with Gasteiger partial charge >= 0.3 is 6.18 Å². The van der Waals surface area contributed by atoms with Crippen LogP contribution in [-0.4, -0.2) is 23.3 Å². The van der Waals surface area contributed by atoms with Crippen molar-refractivity contribution < 1.29 is 23.1 Å². The van der Waals surface area contributed by atoms with Crippen molar-refractivity contribution in [2.45, 2.75) is 25.1 Å². The first-order chi connectivity index (χ1) is 4.84. The van der Waals surface area contributed by atoms with E-state index in [2.05, 4.69) is 5.73 Å². The molecular weight excluding hydrogens is 163 g/mol. The molecule has 11 heavy (non-hydrogen) atoms. The van der Waals surface area contributed by atoms with Crippen LogP contribution in [0.3, 0.4) is 0 Å². The van der Waals surface area contributed by atoms with E-state index in [1.165, 1.54) is 0 Å². The van der Waals surface area contributed by atoms with Crippen LogP contribution in [0, 0.1) is 0 Å². The van der Waals surface area contributed by atoms with Crippen molar-refractivity contribution in [1.82, 2.24) is 0 Å². The first-order valence-corrected chi connectivity index (χ1v) is 2.87. The highest BCUT2D eigenvalue weighted by molar-refractivity contribution is 5.73. The second-order valence-corrected chi connectivity index (χ2v) is 2.06. The third-order valence-electron chi connectivity index (χ3n) is 1.04. The first-order valence-electron chi connectivity index (χ1n) is 2.87. The smallest absolute Gasteiger partial charge is 0.384 e. The molecule has 1 unspecified atom stereocenters. The number of halogens is 3. The van der Waals surface area contributed by atoms with Gasteiger partial charge in [0.1, 0.15) is 6.10 Å². The van der Waals surface area contributed by atoms with Gasteiger partial charge in [0.05, 0.1) is 0 Å². The van der Waals surface area contributed by atoms with E-state index >= 15 is 0 Å². The summed E-state index contributed by atoms with van der Waals surface area (Å²) in [5, 5.41) is 8.30. The number of rotatable bonds is 3. The largest absolute Gasteiger partial charge is 0.414 e. The van der Waals surface area contributed by atoms with Crippen LogP contribution in [0.4, 0.5) is 13.2 Å². The Morgan fingerprint density at radius 2 is 2.00 bits per heavy atom. The minimum absolute atomic E-state index is 0.458. The van der Waals surface area contributed by atoms with Crippen LogP contribution in [-0.2, 0) is 4.79 Å². The summed E-state index contributed by atoms with van der Waals surface area (Å²) in [7, 11) is 0. The summed E-state index contributed by atoms with van der Waals surface area (Å²) in [5.74, 6) is -0.853. The lowest BCUT2D eigenvalue weighted by Crippen LogP contribution is -2.29. The highest BCUT2D eigenvalue weighted by atomic mass is 19.4. The lowest BCUT2D eigenvalue weighted by Gasteiger charge is -2.12. The van der Waals surface area contributed by atoms with E-state index in [-0.39, 0.29) is 0 Å². The SMILES string of the molecule is NC(=O)CCC(O)C(F)(F)F. The van der Waals surface area contributed by atoms with Gasteiger partial charge in [-0.3, -0.25) is 4.79 Å². The topological polar surface area (TPSA) is 63.3 Å². The van der Waals surface area contributed by atoms with Gasteiger partial charge in [-0.25, -0.2) is 0 Å². The number of amides is 1. The molecule has 0 fully saturated rings. The number of nitrogens with two attached hydrogens (primary N) is 1. The summed E-state index contributed by atoms with van der Waals surface area (Å²) in [6.45, 7) is 0. The zero-order valence-corrected chi connectivity index (χ0v) is 5.56. The fraction of sp³-hybridized carbons (Fsp3) is 0.800. The number of hydrogen-bond acceptors (Lipinski definition) is 2. The van der Waals surface area contributed by atoms with Gasteiger partial charge in [0.2, 0.25) is 5.91 Å². The molecule has 0 aliphatic heterocycles. The zero-order chi connectivity index (χ0) is 9.07. The molecule has 0 spiro atoms. The fourth-order valence-corrected chi connectivity index (χ4v) is 0.443. The van der Waals surface area contributed by atoms with E-state index in [1.54, 1.807) is 0 Å². The maximum atomic E-state index is 11.5. The van der Waals surface area contributed by atoms with Crippen molar-refractivity contribution in [2.24, 2.45) is 5.73 Å². The number of aliphatic hydroxyl groups excluding tert-OH is 1. The number of aliphatic hydroxyl groups is 1. The van der Waals surface area contributed by atoms with Crippen LogP contribution in [0.25, 0.3) is 0 Å². The second kappa shape index (κ2) is 3.56. The van der Waals surface area contributed by atoms with Crippen LogP contribution in [0.1, 0.15) is 12.8 Å². The molecule has 1 atom stereocenters. The van der Waals surface area contributed by atoms with Crippen molar-refractivity contribution in [3.05, 3.63) is 0 Å². The lowest BCUT2D eigenvalue weighted by molar-refractivity contribution is -0.205. The molecule has 0 aliphatic rings. The number of primary amides is 1. The van der Waals surface area contributed by atoms with Gasteiger partial charge in [0.25, 0.3) is 0 Å². The van der Waals surface area contributed by atoms with Crippen LogP contribution in [0.2, 0.25) is 0 Å². The maximum absolute atomic E-state index is 11.5. The van der Waals surface area contributed by atoms with E-state index in [9.17, 15) is 18.0 Å². The average Bonchev–Trinajstić information content (AvgIpc) is 1.80. The van der Waals surface area contributed by atoms with Gasteiger partial charge < -0.3 is 10.8 Å². The highest BCUT2D eigenvalue weighted by Crippen LogP contribution is 2.22. The summed E-state index contributed by atoms with van der Waals surface area (Å²) >= 11 is 0. The molecule has 0 saturated heterocycles. The van der Waals surface area contributed by atoms with Crippen molar-refractivity contribution in [1.29, 1.82) is 0 Å². The molecule has 0 aromatic heterocycles. The molecular formula is C5H8F3NO2. The summed E-state index contributed by atoms with van der Waals surface area (Å²) in [6, 6.07) is 0. The second-order valence-electron chi connectivity index (χ2n) is 2.06. The Kier molecular flexibility index (Phi) is 3.31. The van der Waals surface area contributed by atoms with Crippen LogP contribution >= 0.6 is 0 Å². The minimum Gasteiger partial charge on any atom is -0.384 e. The molecule has 0 rings (SSSR count). The molecule has 0 saturated carbocycles. The van der Waals surface area contributed by atoms with Crippen LogP contribution in [0.5, 0.6) is 0 Å². The first kappa shape index (κ1) is 10.2. The van der Waals surface area contributed by atoms with Crippen molar-refractivity contribution in [2.75, 3.05) is 0 Å². The van der Waals surface area contributed by atoms with Gasteiger partial charge in [-0.05, 0) is 6.42 Å². The van der Waals surface area contributed by atoms with Gasteiger partial charge in [0.15, 0.2) is 0 Å². The maximum Gasteiger partial charge on any atom is 0.414 e. The Morgan fingerprint density at radius 3 is 2.27 bits per heavy atom. The molecule has 0 aromatic carbocycles. The summed E-state index contributed by atoms with van der Waals surface area (Å²) in [4.78, 5) is 9.97. The zero-order valence-electron chi connectivity index (χ0n) is 5.56. The molecule has 0 aromatic rings. The van der Waals surface area contributed by atoms with Gasteiger partial charge in [-0.2, -0.15) is 13.2 Å².